The lowest BCUT2D eigenvalue weighted by atomic mass is 10.2. The number of anilines is 1. The predicted octanol–water partition coefficient (Wildman–Crippen LogP) is 4.29. The number of thiocarbonyl (C=S) groups is 1. The fourth-order valence-corrected chi connectivity index (χ4v) is 3.71. The van der Waals surface area contributed by atoms with Gasteiger partial charge in [-0.25, -0.2) is 0 Å². The van der Waals surface area contributed by atoms with Gasteiger partial charge in [0, 0.05) is 5.69 Å². The Balaban J connectivity index is 1.40. The van der Waals surface area contributed by atoms with Crippen molar-refractivity contribution < 1.29 is 19.0 Å². The molecule has 0 unspecified atom stereocenters. The van der Waals surface area contributed by atoms with E-state index in [0.717, 1.165) is 5.56 Å². The number of carbonyl (C=O) groups excluding carboxylic acids is 1. The van der Waals surface area contributed by atoms with Gasteiger partial charge in [0.05, 0.1) is 24.9 Å². The van der Waals surface area contributed by atoms with E-state index in [4.69, 9.17) is 38.0 Å². The van der Waals surface area contributed by atoms with Crippen molar-refractivity contribution in [2.45, 2.75) is 6.92 Å². The molecule has 3 aromatic carbocycles. The Bertz CT molecular complexity index is 1390. The van der Waals surface area contributed by atoms with E-state index in [1.807, 2.05) is 25.1 Å². The number of carbonyl (C=O) groups is 1. The van der Waals surface area contributed by atoms with E-state index in [-0.39, 0.29) is 17.6 Å². The van der Waals surface area contributed by atoms with E-state index in [2.05, 4.69) is 20.8 Å². The summed E-state index contributed by atoms with van der Waals surface area (Å²) in [6, 6.07) is 15.9. The van der Waals surface area contributed by atoms with Crippen LogP contribution in [0.2, 0.25) is 5.02 Å². The molecule has 0 fully saturated rings. The molecule has 9 nitrogen and oxygen atoms in total. The highest BCUT2D eigenvalue weighted by atomic mass is 35.5. The smallest absolute Gasteiger partial charge is 0.264 e. The number of nitrogens with one attached hydrogen (secondary N) is 2. The number of rotatable bonds is 7. The third-order valence-electron chi connectivity index (χ3n) is 5.02. The molecule has 11 heteroatoms. The highest BCUT2D eigenvalue weighted by Crippen LogP contribution is 2.27. The SMILES string of the molecule is COc1ccc(OCC(=O)NC(=S)Nc2cc3nn(-c4ccc(OC)c(Cl)c4)nc3cc2C)cc1. The number of amides is 1. The minimum atomic E-state index is -0.389. The van der Waals surface area contributed by atoms with Crippen molar-refractivity contribution >= 4 is 51.6 Å². The zero-order valence-corrected chi connectivity index (χ0v) is 20.7. The summed E-state index contributed by atoms with van der Waals surface area (Å²) >= 11 is 11.5. The van der Waals surface area contributed by atoms with E-state index in [0.29, 0.717) is 44.7 Å². The summed E-state index contributed by atoms with van der Waals surface area (Å²) in [5.74, 6) is 1.42. The van der Waals surface area contributed by atoms with Crippen LogP contribution in [0.15, 0.2) is 54.6 Å². The molecule has 2 N–H and O–H groups in total. The molecule has 1 aromatic heterocycles. The molecule has 0 atom stereocenters. The highest BCUT2D eigenvalue weighted by molar-refractivity contribution is 7.80. The van der Waals surface area contributed by atoms with Crippen LogP contribution in [0.4, 0.5) is 5.69 Å². The summed E-state index contributed by atoms with van der Waals surface area (Å²) in [6.45, 7) is 1.72. The lowest BCUT2D eigenvalue weighted by Crippen LogP contribution is -2.37. The number of nitrogens with zero attached hydrogens (tertiary/aromatic N) is 3. The Morgan fingerprint density at radius 2 is 1.69 bits per heavy atom. The van der Waals surface area contributed by atoms with Gasteiger partial charge in [-0.3, -0.25) is 10.1 Å². The topological polar surface area (TPSA) is 99.5 Å². The summed E-state index contributed by atoms with van der Waals surface area (Å²) in [6.07, 6.45) is 0. The number of benzene rings is 3. The Hall–Kier alpha value is -3.89. The quantitative estimate of drug-likeness (QED) is 0.354. The molecule has 0 saturated heterocycles. The lowest BCUT2D eigenvalue weighted by molar-refractivity contribution is -0.121. The first-order valence-electron chi connectivity index (χ1n) is 10.5. The molecule has 180 valence electrons. The maximum atomic E-state index is 12.2. The summed E-state index contributed by atoms with van der Waals surface area (Å²) < 4.78 is 15.8. The number of methoxy groups -OCH3 is 2. The average molecular weight is 512 g/mol. The van der Waals surface area contributed by atoms with Gasteiger partial charge in [0.15, 0.2) is 11.7 Å². The number of fused-ring (bicyclic) bond motifs is 1. The van der Waals surface area contributed by atoms with Crippen molar-refractivity contribution in [2.24, 2.45) is 0 Å². The Morgan fingerprint density at radius 1 is 1.00 bits per heavy atom. The normalized spacial score (nSPS) is 10.6. The largest absolute Gasteiger partial charge is 0.497 e. The maximum absolute atomic E-state index is 12.2. The van der Waals surface area contributed by atoms with Gasteiger partial charge >= 0.3 is 0 Å². The van der Waals surface area contributed by atoms with Gasteiger partial charge in [-0.15, -0.1) is 10.2 Å². The van der Waals surface area contributed by atoms with Crippen LogP contribution in [0.1, 0.15) is 5.56 Å². The van der Waals surface area contributed by atoms with Gasteiger partial charge in [0.25, 0.3) is 5.91 Å². The second-order valence-corrected chi connectivity index (χ2v) is 8.25. The third-order valence-corrected chi connectivity index (χ3v) is 5.52. The molecule has 0 bridgehead atoms. The molecule has 0 aliphatic rings. The van der Waals surface area contributed by atoms with E-state index < -0.39 is 0 Å². The predicted molar refractivity (Wildman–Crippen MR) is 138 cm³/mol. The lowest BCUT2D eigenvalue weighted by Gasteiger charge is -2.12. The van der Waals surface area contributed by atoms with Gasteiger partial charge in [-0.1, -0.05) is 11.6 Å². The van der Waals surface area contributed by atoms with Crippen molar-refractivity contribution in [2.75, 3.05) is 26.1 Å². The number of ether oxygens (including phenoxy) is 3. The van der Waals surface area contributed by atoms with E-state index in [9.17, 15) is 4.79 Å². The fraction of sp³-hybridized carbons (Fsp3) is 0.167. The van der Waals surface area contributed by atoms with Gasteiger partial charge < -0.3 is 19.5 Å². The van der Waals surface area contributed by atoms with Crippen molar-refractivity contribution in [1.82, 2.24) is 20.3 Å². The molecule has 4 rings (SSSR count). The molecule has 35 heavy (non-hydrogen) atoms. The number of aryl methyl sites for hydroxylation is 1. The van der Waals surface area contributed by atoms with Crippen LogP contribution in [0, 0.1) is 6.92 Å². The van der Waals surface area contributed by atoms with Crippen LogP contribution < -0.4 is 24.8 Å². The Kier molecular flexibility index (Phi) is 7.33. The molecule has 4 aromatic rings. The van der Waals surface area contributed by atoms with Crippen LogP contribution in [0.3, 0.4) is 0 Å². The molecule has 0 radical (unpaired) electrons. The zero-order chi connectivity index (χ0) is 24.9. The molecule has 1 amide bonds. The standard InChI is InChI=1S/C24H22ClN5O4S/c1-14-10-20-21(29-30(28-20)15-4-9-22(33-3)18(25)11-15)12-19(14)26-24(35)27-23(31)13-34-17-7-5-16(32-2)6-8-17/h4-12H,13H2,1-3H3,(H2,26,27,31,35). The number of hydrogen-bond donors (Lipinski definition) is 2. The minimum absolute atomic E-state index is 0.144. The summed E-state index contributed by atoms with van der Waals surface area (Å²) in [7, 11) is 3.13. The Labute approximate surface area is 211 Å². The molecule has 0 aliphatic heterocycles. The fourth-order valence-electron chi connectivity index (χ4n) is 3.23. The molecule has 0 aliphatic carbocycles. The second kappa shape index (κ2) is 10.6. The molecular weight excluding hydrogens is 490 g/mol. The highest BCUT2D eigenvalue weighted by Gasteiger charge is 2.12. The van der Waals surface area contributed by atoms with Crippen LogP contribution in [0.5, 0.6) is 17.2 Å². The number of halogens is 1. The first-order valence-corrected chi connectivity index (χ1v) is 11.2. The van der Waals surface area contributed by atoms with E-state index in [1.54, 1.807) is 50.6 Å². The van der Waals surface area contributed by atoms with Crippen LogP contribution in [-0.2, 0) is 4.79 Å². The van der Waals surface area contributed by atoms with Crippen LogP contribution in [0.25, 0.3) is 16.7 Å². The van der Waals surface area contributed by atoms with Gasteiger partial charge in [-0.2, -0.15) is 4.80 Å². The first kappa shape index (κ1) is 24.2. The van der Waals surface area contributed by atoms with Crippen LogP contribution >= 0.6 is 23.8 Å². The second-order valence-electron chi connectivity index (χ2n) is 7.43. The van der Waals surface area contributed by atoms with Gasteiger partial charge in [0.1, 0.15) is 28.3 Å². The number of aromatic nitrogens is 3. The van der Waals surface area contributed by atoms with Gasteiger partial charge in [-0.05, 0) is 79.3 Å². The summed E-state index contributed by atoms with van der Waals surface area (Å²) in [4.78, 5) is 13.7. The van der Waals surface area contributed by atoms with Crippen molar-refractivity contribution in [3.05, 3.63) is 65.2 Å². The molecular formula is C24H22ClN5O4S. The summed E-state index contributed by atoms with van der Waals surface area (Å²) in [5, 5.41) is 15.3. The van der Waals surface area contributed by atoms with E-state index >= 15 is 0 Å². The molecule has 1 heterocycles. The third kappa shape index (κ3) is 5.79. The van der Waals surface area contributed by atoms with E-state index in [1.165, 1.54) is 4.80 Å². The van der Waals surface area contributed by atoms with Crippen molar-refractivity contribution in [3.63, 3.8) is 0 Å². The maximum Gasteiger partial charge on any atom is 0.264 e. The van der Waals surface area contributed by atoms with Gasteiger partial charge in [0.2, 0.25) is 0 Å². The molecule has 0 saturated carbocycles. The Morgan fingerprint density at radius 3 is 2.34 bits per heavy atom. The van der Waals surface area contributed by atoms with Crippen molar-refractivity contribution in [1.29, 1.82) is 0 Å². The summed E-state index contributed by atoms with van der Waals surface area (Å²) in [5.41, 5.74) is 3.60. The zero-order valence-electron chi connectivity index (χ0n) is 19.2. The first-order chi connectivity index (χ1) is 16.9. The number of hydrogen-bond acceptors (Lipinski definition) is 7. The monoisotopic (exact) mass is 511 g/mol. The minimum Gasteiger partial charge on any atom is -0.497 e. The van der Waals surface area contributed by atoms with Crippen LogP contribution in [-0.4, -0.2) is 46.8 Å². The average Bonchev–Trinajstić information content (AvgIpc) is 3.25. The van der Waals surface area contributed by atoms with Crippen molar-refractivity contribution in [3.8, 4) is 22.9 Å². The molecule has 0 spiro atoms.